The molecule has 132 valence electrons. The summed E-state index contributed by atoms with van der Waals surface area (Å²) in [6.07, 6.45) is 2.50. The minimum absolute atomic E-state index is 0.128. The number of nitrogens with zero attached hydrogens (tertiary/aromatic N) is 1. The van der Waals surface area contributed by atoms with Gasteiger partial charge in [-0.1, -0.05) is 12.1 Å². The van der Waals surface area contributed by atoms with Crippen LogP contribution in [0.3, 0.4) is 0 Å². The topological polar surface area (TPSA) is 69.7 Å². The van der Waals surface area contributed by atoms with Crippen molar-refractivity contribution in [3.63, 3.8) is 0 Å². The third-order valence-corrected chi connectivity index (χ3v) is 3.87. The zero-order valence-electron chi connectivity index (χ0n) is 14.9. The number of hydrogen-bond acceptors (Lipinski definition) is 5. The van der Waals surface area contributed by atoms with Crippen LogP contribution in [0.2, 0.25) is 0 Å². The van der Waals surface area contributed by atoms with Gasteiger partial charge in [0.15, 0.2) is 18.1 Å². The average Bonchev–Trinajstić information content (AvgIpc) is 2.87. The highest BCUT2D eigenvalue weighted by Crippen LogP contribution is 2.41. The van der Waals surface area contributed by atoms with Crippen molar-refractivity contribution < 1.29 is 19.0 Å². The molecule has 1 aromatic heterocycles. The Hall–Kier alpha value is -2.76. The van der Waals surface area contributed by atoms with E-state index in [0.29, 0.717) is 17.3 Å². The molecule has 0 radical (unpaired) electrons. The van der Waals surface area contributed by atoms with Crippen molar-refractivity contribution in [1.29, 1.82) is 0 Å². The fourth-order valence-electron chi connectivity index (χ4n) is 2.84. The van der Waals surface area contributed by atoms with Gasteiger partial charge in [0.2, 0.25) is 5.88 Å². The third kappa shape index (κ3) is 3.84. The van der Waals surface area contributed by atoms with E-state index in [0.717, 1.165) is 23.3 Å². The molecule has 6 nitrogen and oxygen atoms in total. The second kappa shape index (κ2) is 6.63. The molecule has 3 rings (SSSR count). The van der Waals surface area contributed by atoms with E-state index >= 15 is 0 Å². The number of aryl methyl sites for hydroxylation is 1. The first kappa shape index (κ1) is 17.1. The van der Waals surface area contributed by atoms with Crippen molar-refractivity contribution in [2.75, 3.05) is 19.0 Å². The quantitative estimate of drug-likeness (QED) is 0.904. The van der Waals surface area contributed by atoms with Gasteiger partial charge in [-0.15, -0.1) is 0 Å². The number of fused-ring (bicyclic) bond motifs is 1. The van der Waals surface area contributed by atoms with Crippen LogP contribution < -0.4 is 19.5 Å². The lowest BCUT2D eigenvalue weighted by atomic mass is 10.0. The fraction of sp³-hybridized carbons (Fsp3) is 0.368. The van der Waals surface area contributed by atoms with Crippen LogP contribution >= 0.6 is 0 Å². The molecule has 0 aliphatic carbocycles. The molecule has 25 heavy (non-hydrogen) atoms. The molecule has 0 spiro atoms. The maximum atomic E-state index is 12.2. The number of carbonyl (C=O) groups is 1. The Morgan fingerprint density at radius 2 is 2.20 bits per heavy atom. The molecule has 0 atom stereocenters. The predicted octanol–water partition coefficient (Wildman–Crippen LogP) is 3.13. The molecule has 6 heteroatoms. The van der Waals surface area contributed by atoms with Gasteiger partial charge >= 0.3 is 0 Å². The molecule has 0 unspecified atom stereocenters. The monoisotopic (exact) mass is 342 g/mol. The Morgan fingerprint density at radius 1 is 1.40 bits per heavy atom. The molecular weight excluding hydrogens is 320 g/mol. The summed E-state index contributed by atoms with van der Waals surface area (Å²) >= 11 is 0. The second-order valence-corrected chi connectivity index (χ2v) is 6.69. The van der Waals surface area contributed by atoms with Crippen LogP contribution in [0.1, 0.15) is 25.0 Å². The van der Waals surface area contributed by atoms with Crippen LogP contribution in [0.25, 0.3) is 0 Å². The summed E-state index contributed by atoms with van der Waals surface area (Å²) < 4.78 is 16.8. The zero-order chi connectivity index (χ0) is 18.0. The van der Waals surface area contributed by atoms with Crippen molar-refractivity contribution in [3.8, 4) is 17.4 Å². The number of nitrogens with one attached hydrogen (secondary N) is 1. The van der Waals surface area contributed by atoms with Crippen LogP contribution in [0.5, 0.6) is 17.4 Å². The highest BCUT2D eigenvalue weighted by atomic mass is 16.5. The highest BCUT2D eigenvalue weighted by Gasteiger charge is 2.32. The first-order valence-electron chi connectivity index (χ1n) is 8.12. The number of ether oxygens (including phenoxy) is 3. The smallest absolute Gasteiger partial charge is 0.262 e. The van der Waals surface area contributed by atoms with E-state index in [1.165, 1.54) is 7.11 Å². The van der Waals surface area contributed by atoms with E-state index in [4.69, 9.17) is 14.2 Å². The lowest BCUT2D eigenvalue weighted by Crippen LogP contribution is -2.25. The molecule has 1 aliphatic rings. The van der Waals surface area contributed by atoms with Gasteiger partial charge in [-0.2, -0.15) is 0 Å². The molecule has 2 aromatic rings. The predicted molar refractivity (Wildman–Crippen MR) is 94.5 cm³/mol. The average molecular weight is 342 g/mol. The summed E-state index contributed by atoms with van der Waals surface area (Å²) in [5, 5.41) is 2.76. The van der Waals surface area contributed by atoms with Crippen molar-refractivity contribution in [3.05, 3.63) is 41.6 Å². The number of hydrogen-bond donors (Lipinski definition) is 1. The fourth-order valence-corrected chi connectivity index (χ4v) is 2.84. The largest absolute Gasteiger partial charge is 0.483 e. The normalized spacial score (nSPS) is 14.4. The molecule has 1 amide bonds. The lowest BCUT2D eigenvalue weighted by Gasteiger charge is -2.18. The SMILES string of the molecule is COc1ncc(C)cc1NC(=O)COc1cccc2c1OC(C)(C)C2. The second-order valence-electron chi connectivity index (χ2n) is 6.69. The van der Waals surface area contributed by atoms with Gasteiger partial charge in [0.1, 0.15) is 11.3 Å². The van der Waals surface area contributed by atoms with Crippen LogP contribution in [0.4, 0.5) is 5.69 Å². The summed E-state index contributed by atoms with van der Waals surface area (Å²) in [4.78, 5) is 16.4. The molecule has 0 bridgehead atoms. The number of aromatic nitrogens is 1. The molecule has 0 saturated carbocycles. The zero-order valence-corrected chi connectivity index (χ0v) is 14.9. The first-order valence-corrected chi connectivity index (χ1v) is 8.12. The standard InChI is InChI=1S/C19H22N2O4/c1-12-8-14(18(23-4)20-10-12)21-16(22)11-24-15-7-5-6-13-9-19(2,3)25-17(13)15/h5-8,10H,9,11H2,1-4H3,(H,21,22). The minimum Gasteiger partial charge on any atom is -0.483 e. The molecule has 1 aromatic carbocycles. The summed E-state index contributed by atoms with van der Waals surface area (Å²) in [5.41, 5.74) is 2.28. The van der Waals surface area contributed by atoms with Crippen LogP contribution in [0, 0.1) is 6.92 Å². The van der Waals surface area contributed by atoms with E-state index in [1.54, 1.807) is 12.3 Å². The van der Waals surface area contributed by atoms with Crippen molar-refractivity contribution in [2.45, 2.75) is 32.8 Å². The first-order chi connectivity index (χ1) is 11.9. The van der Waals surface area contributed by atoms with Gasteiger partial charge in [-0.05, 0) is 38.5 Å². The molecular formula is C19H22N2O4. The number of pyridine rings is 1. The maximum absolute atomic E-state index is 12.2. The summed E-state index contributed by atoms with van der Waals surface area (Å²) in [5.74, 6) is 1.37. The summed E-state index contributed by atoms with van der Waals surface area (Å²) in [6.45, 7) is 5.82. The minimum atomic E-state index is -0.291. The van der Waals surface area contributed by atoms with Gasteiger partial charge in [0.25, 0.3) is 5.91 Å². The van der Waals surface area contributed by atoms with Crippen molar-refractivity contribution in [1.82, 2.24) is 4.98 Å². The molecule has 1 N–H and O–H groups in total. The van der Waals surface area contributed by atoms with Crippen molar-refractivity contribution >= 4 is 11.6 Å². The Kier molecular flexibility index (Phi) is 4.53. The van der Waals surface area contributed by atoms with E-state index in [2.05, 4.69) is 10.3 Å². The lowest BCUT2D eigenvalue weighted by molar-refractivity contribution is -0.118. The molecule has 2 heterocycles. The Balaban J connectivity index is 1.67. The molecule has 1 aliphatic heterocycles. The molecule has 0 saturated heterocycles. The number of carbonyl (C=O) groups excluding carboxylic acids is 1. The van der Waals surface area contributed by atoms with E-state index in [-0.39, 0.29) is 18.1 Å². The third-order valence-electron chi connectivity index (χ3n) is 3.87. The summed E-state index contributed by atoms with van der Waals surface area (Å²) in [7, 11) is 1.51. The van der Waals surface area contributed by atoms with Gasteiger partial charge in [0, 0.05) is 18.2 Å². The van der Waals surface area contributed by atoms with E-state index in [9.17, 15) is 4.79 Å². The summed E-state index contributed by atoms with van der Waals surface area (Å²) in [6, 6.07) is 7.53. The number of amides is 1. The van der Waals surface area contributed by atoms with E-state index in [1.807, 2.05) is 39.0 Å². The van der Waals surface area contributed by atoms with Crippen molar-refractivity contribution in [2.24, 2.45) is 0 Å². The van der Waals surface area contributed by atoms with Crippen LogP contribution in [-0.4, -0.2) is 30.2 Å². The van der Waals surface area contributed by atoms with Gasteiger partial charge < -0.3 is 19.5 Å². The number of methoxy groups -OCH3 is 1. The number of benzene rings is 1. The van der Waals surface area contributed by atoms with Crippen LogP contribution in [-0.2, 0) is 11.2 Å². The number of rotatable bonds is 5. The van der Waals surface area contributed by atoms with Gasteiger partial charge in [-0.25, -0.2) is 4.98 Å². The Morgan fingerprint density at radius 3 is 2.96 bits per heavy atom. The Labute approximate surface area is 147 Å². The maximum Gasteiger partial charge on any atom is 0.262 e. The molecule has 0 fully saturated rings. The van der Waals surface area contributed by atoms with Gasteiger partial charge in [0.05, 0.1) is 7.11 Å². The number of para-hydroxylation sites is 1. The number of anilines is 1. The van der Waals surface area contributed by atoms with E-state index < -0.39 is 0 Å². The Bertz CT molecular complexity index is 802. The highest BCUT2D eigenvalue weighted by molar-refractivity contribution is 5.93. The van der Waals surface area contributed by atoms with Gasteiger partial charge in [-0.3, -0.25) is 4.79 Å². The van der Waals surface area contributed by atoms with Crippen LogP contribution in [0.15, 0.2) is 30.5 Å².